The van der Waals surface area contributed by atoms with Crippen molar-refractivity contribution in [2.75, 3.05) is 31.1 Å². The number of halogens is 1. The first-order chi connectivity index (χ1) is 12.7. The molecule has 134 valence electrons. The quantitative estimate of drug-likeness (QED) is 0.759. The van der Waals surface area contributed by atoms with Crippen molar-refractivity contribution in [3.8, 4) is 17.2 Å². The van der Waals surface area contributed by atoms with E-state index in [0.717, 1.165) is 37.4 Å². The van der Waals surface area contributed by atoms with Gasteiger partial charge in [0.05, 0.1) is 17.1 Å². The van der Waals surface area contributed by atoms with Gasteiger partial charge in [-0.05, 0) is 24.3 Å². The zero-order valence-electron chi connectivity index (χ0n) is 14.2. The van der Waals surface area contributed by atoms with Gasteiger partial charge in [-0.25, -0.2) is 0 Å². The van der Waals surface area contributed by atoms with Crippen LogP contribution in [-0.2, 0) is 6.54 Å². The van der Waals surface area contributed by atoms with Crippen LogP contribution in [0.4, 0.5) is 5.69 Å². The molecular weight excluding hydrogens is 352 g/mol. The lowest BCUT2D eigenvalue weighted by molar-refractivity contribution is 0.227. The number of aromatic hydroxyl groups is 1. The van der Waals surface area contributed by atoms with Gasteiger partial charge in [-0.3, -0.25) is 4.90 Å². The smallest absolute Gasteiger partial charge is 0.249 e. The fraction of sp³-hybridized carbons (Fsp3) is 0.263. The van der Waals surface area contributed by atoms with E-state index in [1.807, 2.05) is 30.3 Å². The number of piperazine rings is 1. The molecule has 0 atom stereocenters. The second kappa shape index (κ2) is 7.35. The zero-order chi connectivity index (χ0) is 17.9. The summed E-state index contributed by atoms with van der Waals surface area (Å²) in [5, 5.41) is 18.5. The van der Waals surface area contributed by atoms with Gasteiger partial charge in [0.2, 0.25) is 11.8 Å². The Hall–Kier alpha value is -2.57. The molecule has 7 heteroatoms. The van der Waals surface area contributed by atoms with Crippen LogP contribution in [0.2, 0.25) is 5.02 Å². The molecule has 3 aromatic rings. The largest absolute Gasteiger partial charge is 0.508 e. The number of hydrogen-bond acceptors (Lipinski definition) is 6. The number of phenols is 1. The van der Waals surface area contributed by atoms with Crippen molar-refractivity contribution in [1.29, 1.82) is 0 Å². The zero-order valence-corrected chi connectivity index (χ0v) is 14.9. The third-order valence-electron chi connectivity index (χ3n) is 4.50. The predicted molar refractivity (Wildman–Crippen MR) is 100 cm³/mol. The first kappa shape index (κ1) is 16.9. The number of aromatic nitrogens is 2. The van der Waals surface area contributed by atoms with Gasteiger partial charge in [-0.15, -0.1) is 10.2 Å². The molecule has 26 heavy (non-hydrogen) atoms. The minimum absolute atomic E-state index is 0.294. The lowest BCUT2D eigenvalue weighted by Gasteiger charge is -2.35. The van der Waals surface area contributed by atoms with E-state index in [2.05, 4.69) is 20.0 Å². The topological polar surface area (TPSA) is 65.6 Å². The summed E-state index contributed by atoms with van der Waals surface area (Å²) in [5.41, 5.74) is 1.80. The van der Waals surface area contributed by atoms with E-state index < -0.39 is 0 Å². The van der Waals surface area contributed by atoms with Crippen LogP contribution in [0.3, 0.4) is 0 Å². The summed E-state index contributed by atoms with van der Waals surface area (Å²) in [7, 11) is 0. The van der Waals surface area contributed by atoms with Gasteiger partial charge in [0.25, 0.3) is 0 Å². The molecule has 0 unspecified atom stereocenters. The number of phenolic OH excluding ortho intramolecular Hbond substituents is 1. The maximum atomic E-state index is 9.63. The number of hydrogen-bond donors (Lipinski definition) is 1. The predicted octanol–water partition coefficient (Wildman–Crippen LogP) is 3.42. The van der Waals surface area contributed by atoms with E-state index in [9.17, 15) is 5.11 Å². The highest BCUT2D eigenvalue weighted by atomic mass is 35.5. The van der Waals surface area contributed by atoms with Gasteiger partial charge >= 0.3 is 0 Å². The van der Waals surface area contributed by atoms with Crippen LogP contribution in [0.5, 0.6) is 5.75 Å². The van der Waals surface area contributed by atoms with Crippen molar-refractivity contribution in [3.05, 3.63) is 59.4 Å². The highest BCUT2D eigenvalue weighted by Crippen LogP contribution is 2.27. The molecule has 1 N–H and O–H groups in total. The Morgan fingerprint density at radius 1 is 1.00 bits per heavy atom. The second-order valence-electron chi connectivity index (χ2n) is 6.26. The van der Waals surface area contributed by atoms with Gasteiger partial charge < -0.3 is 14.4 Å². The van der Waals surface area contributed by atoms with Crippen LogP contribution in [0.1, 0.15) is 5.89 Å². The normalized spacial score (nSPS) is 15.3. The Balaban J connectivity index is 1.37. The highest BCUT2D eigenvalue weighted by molar-refractivity contribution is 6.33. The fourth-order valence-electron chi connectivity index (χ4n) is 3.11. The van der Waals surface area contributed by atoms with E-state index in [1.54, 1.807) is 18.2 Å². The van der Waals surface area contributed by atoms with Gasteiger partial charge in [0.15, 0.2) is 0 Å². The van der Waals surface area contributed by atoms with Gasteiger partial charge in [-0.2, -0.15) is 0 Å². The molecule has 0 amide bonds. The molecule has 0 aliphatic carbocycles. The lowest BCUT2D eigenvalue weighted by Crippen LogP contribution is -2.46. The average molecular weight is 371 g/mol. The Labute approximate surface area is 156 Å². The molecule has 0 saturated carbocycles. The molecule has 6 nitrogen and oxygen atoms in total. The van der Waals surface area contributed by atoms with Gasteiger partial charge in [-0.1, -0.05) is 29.8 Å². The number of nitrogens with zero attached hydrogens (tertiary/aromatic N) is 4. The second-order valence-corrected chi connectivity index (χ2v) is 6.67. The molecule has 0 radical (unpaired) electrons. The van der Waals surface area contributed by atoms with E-state index >= 15 is 0 Å². The van der Waals surface area contributed by atoms with Gasteiger partial charge in [0.1, 0.15) is 5.75 Å². The van der Waals surface area contributed by atoms with Crippen LogP contribution in [0.25, 0.3) is 11.5 Å². The van der Waals surface area contributed by atoms with Crippen molar-refractivity contribution >= 4 is 17.3 Å². The van der Waals surface area contributed by atoms with E-state index in [4.69, 9.17) is 16.0 Å². The minimum atomic E-state index is 0.294. The summed E-state index contributed by atoms with van der Waals surface area (Å²) in [6, 6.07) is 14.8. The van der Waals surface area contributed by atoms with Crippen molar-refractivity contribution in [2.45, 2.75) is 6.54 Å². The summed E-state index contributed by atoms with van der Waals surface area (Å²) >= 11 is 6.18. The fourth-order valence-corrected chi connectivity index (χ4v) is 3.32. The molecule has 4 rings (SSSR count). The molecule has 1 fully saturated rings. The summed E-state index contributed by atoms with van der Waals surface area (Å²) in [4.78, 5) is 4.54. The summed E-state index contributed by atoms with van der Waals surface area (Å²) in [6.07, 6.45) is 0. The summed E-state index contributed by atoms with van der Waals surface area (Å²) in [6.45, 7) is 4.16. The molecule has 0 bridgehead atoms. The van der Waals surface area contributed by atoms with Gasteiger partial charge in [0, 0.05) is 37.9 Å². The number of rotatable bonds is 4. The van der Waals surface area contributed by atoms with Crippen molar-refractivity contribution in [2.24, 2.45) is 0 Å². The molecule has 1 aliphatic rings. The van der Waals surface area contributed by atoms with E-state index in [0.29, 0.717) is 29.1 Å². The molecule has 2 aromatic carbocycles. The van der Waals surface area contributed by atoms with Crippen molar-refractivity contribution in [1.82, 2.24) is 15.1 Å². The molecule has 2 heterocycles. The maximum Gasteiger partial charge on any atom is 0.249 e. The van der Waals surface area contributed by atoms with Crippen molar-refractivity contribution in [3.63, 3.8) is 0 Å². The highest BCUT2D eigenvalue weighted by Gasteiger charge is 2.20. The standard InChI is InChI=1S/C19H19ClN4O2/c20-17-7-2-1-6-16(17)19-22-21-18(26-19)13-23-8-10-24(11-9-23)14-4-3-5-15(25)12-14/h1-7,12,25H,8-11,13H2. The third-order valence-corrected chi connectivity index (χ3v) is 4.83. The third kappa shape index (κ3) is 3.66. The maximum absolute atomic E-state index is 9.63. The summed E-state index contributed by atoms with van der Waals surface area (Å²) < 4.78 is 5.79. The van der Waals surface area contributed by atoms with Crippen LogP contribution in [-0.4, -0.2) is 46.4 Å². The monoisotopic (exact) mass is 370 g/mol. The Kier molecular flexibility index (Phi) is 4.77. The lowest BCUT2D eigenvalue weighted by atomic mass is 10.2. The molecule has 1 aromatic heterocycles. The van der Waals surface area contributed by atoms with Crippen molar-refractivity contribution < 1.29 is 9.52 Å². The Morgan fingerprint density at radius 2 is 1.81 bits per heavy atom. The number of anilines is 1. The SMILES string of the molecule is Oc1cccc(N2CCN(Cc3nnc(-c4ccccc4Cl)o3)CC2)c1. The first-order valence-corrected chi connectivity index (χ1v) is 8.90. The average Bonchev–Trinajstić information content (AvgIpc) is 3.11. The minimum Gasteiger partial charge on any atom is -0.508 e. The number of benzene rings is 2. The van der Waals surface area contributed by atoms with Crippen LogP contribution in [0, 0.1) is 0 Å². The van der Waals surface area contributed by atoms with Crippen LogP contribution < -0.4 is 4.90 Å². The molecular formula is C19H19ClN4O2. The Bertz CT molecular complexity index is 891. The molecule has 0 spiro atoms. The molecule has 1 aliphatic heterocycles. The summed E-state index contributed by atoms with van der Waals surface area (Å²) in [5.74, 6) is 1.33. The first-order valence-electron chi connectivity index (χ1n) is 8.53. The van der Waals surface area contributed by atoms with Crippen LogP contribution >= 0.6 is 11.6 Å². The molecule has 1 saturated heterocycles. The van der Waals surface area contributed by atoms with E-state index in [1.165, 1.54) is 0 Å². The van der Waals surface area contributed by atoms with Crippen LogP contribution in [0.15, 0.2) is 52.9 Å². The van der Waals surface area contributed by atoms with E-state index in [-0.39, 0.29) is 0 Å². The Morgan fingerprint density at radius 3 is 2.58 bits per heavy atom.